The second-order valence-electron chi connectivity index (χ2n) is 7.46. The number of benzene rings is 3. The second kappa shape index (κ2) is 9.87. The minimum Gasteiger partial charge on any atom is -0.497 e. The van der Waals surface area contributed by atoms with Crippen molar-refractivity contribution in [1.82, 2.24) is 4.90 Å². The van der Waals surface area contributed by atoms with Crippen LogP contribution in [0.5, 0.6) is 5.75 Å². The number of halogens is 1. The van der Waals surface area contributed by atoms with Crippen LogP contribution >= 0.6 is 15.9 Å². The van der Waals surface area contributed by atoms with Gasteiger partial charge in [0, 0.05) is 36.3 Å². The number of nitrogens with zero attached hydrogens (tertiary/aromatic N) is 2. The number of carbonyl (C=O) groups excluding carboxylic acids is 2. The third kappa shape index (κ3) is 4.78. The van der Waals surface area contributed by atoms with Gasteiger partial charge in [-0.1, -0.05) is 24.3 Å². The van der Waals surface area contributed by atoms with Gasteiger partial charge in [-0.3, -0.25) is 9.59 Å². The highest BCUT2D eigenvalue weighted by molar-refractivity contribution is 9.10. The molecule has 0 unspecified atom stereocenters. The lowest BCUT2D eigenvalue weighted by atomic mass is 10.1. The molecular weight excluding hydrogens is 470 g/mol. The molecule has 0 spiro atoms. The predicted octanol–water partition coefficient (Wildman–Crippen LogP) is 4.67. The number of ether oxygens (including phenoxy) is 1. The molecule has 3 aromatic rings. The van der Waals surface area contributed by atoms with E-state index in [1.165, 1.54) is 0 Å². The number of hydrogen-bond acceptors (Lipinski definition) is 4. The third-order valence-corrected chi connectivity index (χ3v) is 6.22. The minimum absolute atomic E-state index is 0.0811. The Balaban J connectivity index is 1.44. The molecule has 4 rings (SSSR count). The van der Waals surface area contributed by atoms with Crippen LogP contribution in [0.3, 0.4) is 0 Å². The van der Waals surface area contributed by atoms with Gasteiger partial charge < -0.3 is 19.9 Å². The van der Waals surface area contributed by atoms with E-state index >= 15 is 0 Å². The van der Waals surface area contributed by atoms with Gasteiger partial charge in [0.25, 0.3) is 11.8 Å². The van der Waals surface area contributed by atoms with Gasteiger partial charge in [0.05, 0.1) is 23.9 Å². The molecule has 0 aromatic heterocycles. The molecule has 3 aromatic carbocycles. The highest BCUT2D eigenvalue weighted by Crippen LogP contribution is 2.24. The first-order valence-corrected chi connectivity index (χ1v) is 11.2. The first kappa shape index (κ1) is 21.9. The van der Waals surface area contributed by atoms with E-state index in [1.54, 1.807) is 31.4 Å². The molecule has 0 aliphatic carbocycles. The number of rotatable bonds is 5. The van der Waals surface area contributed by atoms with Crippen molar-refractivity contribution in [2.24, 2.45) is 0 Å². The van der Waals surface area contributed by atoms with E-state index in [-0.39, 0.29) is 11.8 Å². The number of nitrogens with one attached hydrogen (secondary N) is 1. The van der Waals surface area contributed by atoms with Crippen LogP contribution in [-0.4, -0.2) is 50.0 Å². The fourth-order valence-corrected chi connectivity index (χ4v) is 4.21. The maximum Gasteiger partial charge on any atom is 0.256 e. The Bertz CT molecular complexity index is 1110. The molecule has 32 heavy (non-hydrogen) atoms. The Morgan fingerprint density at radius 1 is 0.844 bits per heavy atom. The molecule has 6 nitrogen and oxygen atoms in total. The van der Waals surface area contributed by atoms with Crippen LogP contribution in [0.15, 0.2) is 77.3 Å². The van der Waals surface area contributed by atoms with E-state index in [4.69, 9.17) is 4.74 Å². The van der Waals surface area contributed by atoms with Gasteiger partial charge >= 0.3 is 0 Å². The lowest BCUT2D eigenvalue weighted by molar-refractivity contribution is 0.0748. The summed E-state index contributed by atoms with van der Waals surface area (Å²) in [6.07, 6.45) is 0. The summed E-state index contributed by atoms with van der Waals surface area (Å²) in [4.78, 5) is 30.1. The highest BCUT2D eigenvalue weighted by atomic mass is 79.9. The predicted molar refractivity (Wildman–Crippen MR) is 130 cm³/mol. The first-order valence-electron chi connectivity index (χ1n) is 10.4. The summed E-state index contributed by atoms with van der Waals surface area (Å²) in [5, 5.41) is 2.89. The van der Waals surface area contributed by atoms with Gasteiger partial charge in [-0.05, 0) is 64.5 Å². The van der Waals surface area contributed by atoms with Crippen LogP contribution in [-0.2, 0) is 0 Å². The summed E-state index contributed by atoms with van der Waals surface area (Å²) in [7, 11) is 1.65. The van der Waals surface area contributed by atoms with E-state index < -0.39 is 0 Å². The monoisotopic (exact) mass is 493 g/mol. The Morgan fingerprint density at radius 2 is 1.47 bits per heavy atom. The van der Waals surface area contributed by atoms with E-state index in [2.05, 4.69) is 26.1 Å². The van der Waals surface area contributed by atoms with Crippen molar-refractivity contribution >= 4 is 39.1 Å². The van der Waals surface area contributed by atoms with Crippen molar-refractivity contribution in [3.8, 4) is 5.75 Å². The van der Waals surface area contributed by atoms with Gasteiger partial charge in [0.1, 0.15) is 5.75 Å². The van der Waals surface area contributed by atoms with E-state index in [0.717, 1.165) is 24.5 Å². The average molecular weight is 494 g/mol. The van der Waals surface area contributed by atoms with Crippen LogP contribution in [0.25, 0.3) is 0 Å². The molecule has 1 N–H and O–H groups in total. The van der Waals surface area contributed by atoms with Gasteiger partial charge in [-0.2, -0.15) is 0 Å². The van der Waals surface area contributed by atoms with Crippen molar-refractivity contribution in [2.45, 2.75) is 0 Å². The van der Waals surface area contributed by atoms with E-state index in [9.17, 15) is 9.59 Å². The topological polar surface area (TPSA) is 61.9 Å². The molecule has 1 aliphatic heterocycles. The molecule has 0 radical (unpaired) electrons. The maximum absolute atomic E-state index is 13.3. The molecule has 1 fully saturated rings. The molecule has 1 saturated heterocycles. The summed E-state index contributed by atoms with van der Waals surface area (Å²) in [5.74, 6) is 0.480. The number of carbonyl (C=O) groups is 2. The molecule has 0 bridgehead atoms. The van der Waals surface area contributed by atoms with Crippen molar-refractivity contribution < 1.29 is 14.3 Å². The second-order valence-corrected chi connectivity index (χ2v) is 8.31. The largest absolute Gasteiger partial charge is 0.497 e. The smallest absolute Gasteiger partial charge is 0.256 e. The molecule has 2 amide bonds. The fourth-order valence-electron chi connectivity index (χ4n) is 3.74. The average Bonchev–Trinajstić information content (AvgIpc) is 2.84. The molecule has 0 atom stereocenters. The SMILES string of the molecule is COc1ccc(N2CCN(C(=O)c3ccccc3NC(=O)c3ccccc3Br)CC2)cc1. The molecular formula is C25H24BrN3O3. The summed E-state index contributed by atoms with van der Waals surface area (Å²) in [5.41, 5.74) is 2.63. The van der Waals surface area contributed by atoms with Crippen molar-refractivity contribution in [3.05, 3.63) is 88.4 Å². The van der Waals surface area contributed by atoms with Gasteiger partial charge in [0.2, 0.25) is 0 Å². The number of anilines is 2. The van der Waals surface area contributed by atoms with Gasteiger partial charge in [0.15, 0.2) is 0 Å². The number of methoxy groups -OCH3 is 1. The molecule has 1 heterocycles. The lowest BCUT2D eigenvalue weighted by Gasteiger charge is -2.36. The summed E-state index contributed by atoms with van der Waals surface area (Å²) < 4.78 is 5.93. The molecule has 164 valence electrons. The summed E-state index contributed by atoms with van der Waals surface area (Å²) in [6.45, 7) is 2.70. The van der Waals surface area contributed by atoms with Crippen LogP contribution in [0.1, 0.15) is 20.7 Å². The minimum atomic E-state index is -0.262. The standard InChI is InChI=1S/C25H24BrN3O3/c1-32-19-12-10-18(11-13-19)28-14-16-29(17-15-28)25(31)21-7-3-5-9-23(21)27-24(30)20-6-2-4-8-22(20)26/h2-13H,14-17H2,1H3,(H,27,30). The quantitative estimate of drug-likeness (QED) is 0.560. The maximum atomic E-state index is 13.3. The zero-order valence-electron chi connectivity index (χ0n) is 17.8. The van der Waals surface area contributed by atoms with Crippen LogP contribution < -0.4 is 15.0 Å². The summed E-state index contributed by atoms with van der Waals surface area (Å²) in [6, 6.07) is 22.3. The van der Waals surface area contributed by atoms with Crippen LogP contribution in [0, 0.1) is 0 Å². The normalized spacial score (nSPS) is 13.6. The number of para-hydroxylation sites is 1. The van der Waals surface area contributed by atoms with E-state index in [0.29, 0.717) is 34.4 Å². The van der Waals surface area contributed by atoms with Gasteiger partial charge in [-0.25, -0.2) is 0 Å². The third-order valence-electron chi connectivity index (χ3n) is 5.53. The Hall–Kier alpha value is -3.32. The van der Waals surface area contributed by atoms with Crippen molar-refractivity contribution in [2.75, 3.05) is 43.5 Å². The Labute approximate surface area is 195 Å². The van der Waals surface area contributed by atoms with Gasteiger partial charge in [-0.15, -0.1) is 0 Å². The first-order chi connectivity index (χ1) is 15.6. The van der Waals surface area contributed by atoms with Crippen molar-refractivity contribution in [1.29, 1.82) is 0 Å². The fraction of sp³-hybridized carbons (Fsp3) is 0.200. The zero-order chi connectivity index (χ0) is 22.5. The Morgan fingerprint density at radius 3 is 2.12 bits per heavy atom. The van der Waals surface area contributed by atoms with Crippen LogP contribution in [0.2, 0.25) is 0 Å². The zero-order valence-corrected chi connectivity index (χ0v) is 19.3. The molecule has 0 saturated carbocycles. The summed E-state index contributed by atoms with van der Waals surface area (Å²) >= 11 is 3.41. The van der Waals surface area contributed by atoms with Crippen molar-refractivity contribution in [3.63, 3.8) is 0 Å². The number of piperazine rings is 1. The Kier molecular flexibility index (Phi) is 6.75. The van der Waals surface area contributed by atoms with Crippen LogP contribution in [0.4, 0.5) is 11.4 Å². The lowest BCUT2D eigenvalue weighted by Crippen LogP contribution is -2.48. The molecule has 1 aliphatic rings. The number of amides is 2. The van der Waals surface area contributed by atoms with E-state index in [1.807, 2.05) is 53.4 Å². The highest BCUT2D eigenvalue weighted by Gasteiger charge is 2.24. The number of hydrogen-bond donors (Lipinski definition) is 1. The molecule has 7 heteroatoms.